The fourth-order valence-electron chi connectivity index (χ4n) is 0.706. The molecule has 5 nitrogen and oxygen atoms in total. The van der Waals surface area contributed by atoms with Crippen molar-refractivity contribution in [2.45, 2.75) is 32.9 Å². The molecule has 0 rings (SSSR count). The Kier molecular flexibility index (Phi) is 5.06. The standard InChI is InChI=1S/C8H16N2O3/c1-5(2)10-7(11)4-9-6(3)8(12)13/h5-6,9H,4H2,1-3H3,(H,10,11)(H,12,13). The summed E-state index contributed by atoms with van der Waals surface area (Å²) in [6.07, 6.45) is 0. The van der Waals surface area contributed by atoms with Gasteiger partial charge in [0.15, 0.2) is 0 Å². The van der Waals surface area contributed by atoms with E-state index in [-0.39, 0.29) is 18.5 Å². The molecule has 0 aliphatic rings. The Labute approximate surface area is 77.5 Å². The van der Waals surface area contributed by atoms with Crippen LogP contribution in [-0.4, -0.2) is 35.6 Å². The summed E-state index contributed by atoms with van der Waals surface area (Å²) in [7, 11) is 0. The van der Waals surface area contributed by atoms with Gasteiger partial charge in [0, 0.05) is 6.04 Å². The third-order valence-corrected chi connectivity index (χ3v) is 1.39. The summed E-state index contributed by atoms with van der Waals surface area (Å²) in [4.78, 5) is 21.4. The van der Waals surface area contributed by atoms with Crippen molar-refractivity contribution < 1.29 is 14.7 Å². The Hall–Kier alpha value is -1.10. The van der Waals surface area contributed by atoms with Gasteiger partial charge in [-0.05, 0) is 20.8 Å². The lowest BCUT2D eigenvalue weighted by molar-refractivity contribution is -0.139. The van der Waals surface area contributed by atoms with Crippen molar-refractivity contribution in [3.05, 3.63) is 0 Å². The smallest absolute Gasteiger partial charge is 0.320 e. The van der Waals surface area contributed by atoms with Crippen LogP contribution in [0.2, 0.25) is 0 Å². The highest BCUT2D eigenvalue weighted by atomic mass is 16.4. The molecule has 0 fully saturated rings. The Bertz CT molecular complexity index is 192. The lowest BCUT2D eigenvalue weighted by Crippen LogP contribution is -2.43. The lowest BCUT2D eigenvalue weighted by atomic mass is 10.3. The van der Waals surface area contributed by atoms with Crippen LogP contribution in [0.15, 0.2) is 0 Å². The van der Waals surface area contributed by atoms with Crippen molar-refractivity contribution in [3.63, 3.8) is 0 Å². The fraction of sp³-hybridized carbons (Fsp3) is 0.750. The van der Waals surface area contributed by atoms with Crippen LogP contribution in [0.25, 0.3) is 0 Å². The summed E-state index contributed by atoms with van der Waals surface area (Å²) in [5.74, 6) is -1.15. The maximum Gasteiger partial charge on any atom is 0.320 e. The Morgan fingerprint density at radius 1 is 1.31 bits per heavy atom. The zero-order valence-electron chi connectivity index (χ0n) is 8.13. The first kappa shape index (κ1) is 11.9. The van der Waals surface area contributed by atoms with Gasteiger partial charge in [0.05, 0.1) is 6.54 Å². The molecule has 3 N–H and O–H groups in total. The topological polar surface area (TPSA) is 78.4 Å². The number of carboxylic acids is 1. The number of hydrogen-bond donors (Lipinski definition) is 3. The van der Waals surface area contributed by atoms with Gasteiger partial charge in [0.2, 0.25) is 5.91 Å². The van der Waals surface area contributed by atoms with Crippen molar-refractivity contribution in [1.29, 1.82) is 0 Å². The monoisotopic (exact) mass is 188 g/mol. The molecular weight excluding hydrogens is 172 g/mol. The highest BCUT2D eigenvalue weighted by Crippen LogP contribution is 1.81. The van der Waals surface area contributed by atoms with Crippen LogP contribution >= 0.6 is 0 Å². The molecule has 0 saturated carbocycles. The molecule has 0 spiro atoms. The first-order valence-electron chi connectivity index (χ1n) is 4.19. The first-order chi connectivity index (χ1) is 5.93. The molecule has 0 aromatic rings. The second-order valence-corrected chi connectivity index (χ2v) is 3.16. The van der Waals surface area contributed by atoms with Crippen molar-refractivity contribution in [2.75, 3.05) is 6.54 Å². The summed E-state index contributed by atoms with van der Waals surface area (Å²) in [5, 5.41) is 13.7. The number of nitrogens with one attached hydrogen (secondary N) is 2. The van der Waals surface area contributed by atoms with Crippen LogP contribution in [0.3, 0.4) is 0 Å². The molecule has 13 heavy (non-hydrogen) atoms. The van der Waals surface area contributed by atoms with E-state index >= 15 is 0 Å². The van der Waals surface area contributed by atoms with Gasteiger partial charge in [-0.3, -0.25) is 14.9 Å². The van der Waals surface area contributed by atoms with E-state index in [1.165, 1.54) is 6.92 Å². The fourth-order valence-corrected chi connectivity index (χ4v) is 0.706. The molecule has 0 heterocycles. The molecule has 0 aromatic carbocycles. The number of aliphatic carboxylic acids is 1. The Balaban J connectivity index is 3.64. The van der Waals surface area contributed by atoms with Crippen molar-refractivity contribution in [1.82, 2.24) is 10.6 Å². The van der Waals surface area contributed by atoms with Gasteiger partial charge >= 0.3 is 5.97 Å². The SMILES string of the molecule is CC(C)NC(=O)CNC(C)C(=O)O. The van der Waals surface area contributed by atoms with Crippen LogP contribution in [0.5, 0.6) is 0 Å². The Morgan fingerprint density at radius 2 is 1.85 bits per heavy atom. The summed E-state index contributed by atoms with van der Waals surface area (Å²) in [5.41, 5.74) is 0. The van der Waals surface area contributed by atoms with E-state index in [2.05, 4.69) is 10.6 Å². The molecule has 1 atom stereocenters. The van der Waals surface area contributed by atoms with E-state index in [1.807, 2.05) is 13.8 Å². The molecule has 5 heteroatoms. The van der Waals surface area contributed by atoms with E-state index in [9.17, 15) is 9.59 Å². The van der Waals surface area contributed by atoms with Gasteiger partial charge in [-0.15, -0.1) is 0 Å². The minimum atomic E-state index is -0.961. The summed E-state index contributed by atoms with van der Waals surface area (Å²) in [6, 6.07) is -0.618. The molecule has 0 radical (unpaired) electrons. The third-order valence-electron chi connectivity index (χ3n) is 1.39. The maximum atomic E-state index is 11.0. The van der Waals surface area contributed by atoms with Gasteiger partial charge in [0.1, 0.15) is 6.04 Å². The number of amides is 1. The number of carbonyl (C=O) groups excluding carboxylic acids is 1. The maximum absolute atomic E-state index is 11.0. The zero-order chi connectivity index (χ0) is 10.4. The van der Waals surface area contributed by atoms with Crippen LogP contribution in [-0.2, 0) is 9.59 Å². The number of rotatable bonds is 5. The van der Waals surface area contributed by atoms with Gasteiger partial charge in [-0.1, -0.05) is 0 Å². The minimum Gasteiger partial charge on any atom is -0.480 e. The molecule has 76 valence electrons. The van der Waals surface area contributed by atoms with Crippen molar-refractivity contribution >= 4 is 11.9 Å². The second kappa shape index (κ2) is 5.53. The average molecular weight is 188 g/mol. The van der Waals surface area contributed by atoms with Crippen LogP contribution in [0.1, 0.15) is 20.8 Å². The van der Waals surface area contributed by atoms with E-state index in [1.54, 1.807) is 0 Å². The molecule has 1 unspecified atom stereocenters. The van der Waals surface area contributed by atoms with Crippen LogP contribution in [0.4, 0.5) is 0 Å². The number of carbonyl (C=O) groups is 2. The first-order valence-corrected chi connectivity index (χ1v) is 4.19. The van der Waals surface area contributed by atoms with Crippen LogP contribution in [0, 0.1) is 0 Å². The van der Waals surface area contributed by atoms with E-state index in [4.69, 9.17) is 5.11 Å². The summed E-state index contributed by atoms with van der Waals surface area (Å²) >= 11 is 0. The predicted molar refractivity (Wildman–Crippen MR) is 48.4 cm³/mol. The second-order valence-electron chi connectivity index (χ2n) is 3.16. The van der Waals surface area contributed by atoms with Crippen LogP contribution < -0.4 is 10.6 Å². The normalized spacial score (nSPS) is 12.6. The molecule has 1 amide bonds. The van der Waals surface area contributed by atoms with Crippen molar-refractivity contribution in [2.24, 2.45) is 0 Å². The van der Waals surface area contributed by atoms with E-state index in [0.29, 0.717) is 0 Å². The molecule has 0 aliphatic carbocycles. The quantitative estimate of drug-likeness (QED) is 0.547. The zero-order valence-corrected chi connectivity index (χ0v) is 8.13. The molecule has 0 aliphatic heterocycles. The minimum absolute atomic E-state index is 0.0334. The molecule has 0 aromatic heterocycles. The van der Waals surface area contributed by atoms with E-state index in [0.717, 1.165) is 0 Å². The lowest BCUT2D eigenvalue weighted by Gasteiger charge is -2.11. The molecule has 0 bridgehead atoms. The van der Waals surface area contributed by atoms with Crippen molar-refractivity contribution in [3.8, 4) is 0 Å². The summed E-state index contributed by atoms with van der Waals surface area (Å²) < 4.78 is 0. The molecular formula is C8H16N2O3. The number of hydrogen-bond acceptors (Lipinski definition) is 3. The van der Waals surface area contributed by atoms with Gasteiger partial charge in [-0.25, -0.2) is 0 Å². The van der Waals surface area contributed by atoms with Gasteiger partial charge in [-0.2, -0.15) is 0 Å². The summed E-state index contributed by atoms with van der Waals surface area (Å²) in [6.45, 7) is 5.22. The van der Waals surface area contributed by atoms with Gasteiger partial charge < -0.3 is 10.4 Å². The largest absolute Gasteiger partial charge is 0.480 e. The average Bonchev–Trinajstić information content (AvgIpc) is 1.98. The highest BCUT2D eigenvalue weighted by Gasteiger charge is 2.11. The predicted octanol–water partition coefficient (Wildman–Crippen LogP) is -0.426. The number of carboxylic acid groups (broad SMARTS) is 1. The molecule has 0 saturated heterocycles. The highest BCUT2D eigenvalue weighted by molar-refractivity contribution is 5.79. The van der Waals surface area contributed by atoms with E-state index < -0.39 is 12.0 Å². The third kappa shape index (κ3) is 6.10. The Morgan fingerprint density at radius 3 is 2.23 bits per heavy atom. The van der Waals surface area contributed by atoms with Gasteiger partial charge in [0.25, 0.3) is 0 Å².